The second kappa shape index (κ2) is 4.67. The summed E-state index contributed by atoms with van der Waals surface area (Å²) in [5.41, 5.74) is 6.08. The summed E-state index contributed by atoms with van der Waals surface area (Å²) in [5.74, 6) is -0.262. The third kappa shape index (κ3) is 2.10. The van der Waals surface area contributed by atoms with E-state index < -0.39 is 0 Å². The molecule has 5 heteroatoms. The maximum Gasteiger partial charge on any atom is 0.172 e. The standard InChI is InChI=1S/C11H12FN3S/c1-15-6-5-14-11(15)16-10-4-2-3-9(12)8(10)7-13/h2-6H,7,13H2,1H3. The maximum absolute atomic E-state index is 13.5. The molecule has 0 amide bonds. The van der Waals surface area contributed by atoms with Crippen molar-refractivity contribution in [3.63, 3.8) is 0 Å². The maximum atomic E-state index is 13.5. The van der Waals surface area contributed by atoms with E-state index in [1.165, 1.54) is 17.8 Å². The number of hydrogen-bond acceptors (Lipinski definition) is 3. The van der Waals surface area contributed by atoms with E-state index >= 15 is 0 Å². The van der Waals surface area contributed by atoms with E-state index in [-0.39, 0.29) is 12.4 Å². The first kappa shape index (κ1) is 11.2. The SMILES string of the molecule is Cn1ccnc1Sc1cccc(F)c1CN. The zero-order valence-electron chi connectivity index (χ0n) is 8.85. The Bertz CT molecular complexity index is 496. The fourth-order valence-electron chi connectivity index (χ4n) is 1.38. The molecule has 0 saturated heterocycles. The summed E-state index contributed by atoms with van der Waals surface area (Å²) in [6, 6.07) is 4.95. The van der Waals surface area contributed by atoms with Crippen LogP contribution in [0.4, 0.5) is 4.39 Å². The van der Waals surface area contributed by atoms with Crippen LogP contribution < -0.4 is 5.73 Å². The van der Waals surface area contributed by atoms with Crippen LogP contribution in [0.25, 0.3) is 0 Å². The first-order chi connectivity index (χ1) is 7.72. The highest BCUT2D eigenvalue weighted by atomic mass is 32.2. The first-order valence-electron chi connectivity index (χ1n) is 4.85. The highest BCUT2D eigenvalue weighted by Crippen LogP contribution is 2.29. The quantitative estimate of drug-likeness (QED) is 0.889. The van der Waals surface area contributed by atoms with Gasteiger partial charge in [0, 0.05) is 36.4 Å². The summed E-state index contributed by atoms with van der Waals surface area (Å²) in [6.45, 7) is 0.194. The van der Waals surface area contributed by atoms with Crippen LogP contribution >= 0.6 is 11.8 Å². The highest BCUT2D eigenvalue weighted by molar-refractivity contribution is 7.99. The monoisotopic (exact) mass is 237 g/mol. The molecule has 0 atom stereocenters. The lowest BCUT2D eigenvalue weighted by molar-refractivity contribution is 0.604. The van der Waals surface area contributed by atoms with Gasteiger partial charge in [-0.3, -0.25) is 0 Å². The molecule has 0 aliphatic carbocycles. The Balaban J connectivity index is 2.35. The molecule has 1 aromatic heterocycles. The van der Waals surface area contributed by atoms with E-state index in [1.807, 2.05) is 23.9 Å². The number of hydrogen-bond donors (Lipinski definition) is 1. The van der Waals surface area contributed by atoms with Crippen molar-refractivity contribution in [2.24, 2.45) is 12.8 Å². The van der Waals surface area contributed by atoms with Gasteiger partial charge in [-0.15, -0.1) is 0 Å². The molecule has 2 rings (SSSR count). The number of rotatable bonds is 3. The lowest BCUT2D eigenvalue weighted by Crippen LogP contribution is -2.02. The number of nitrogens with two attached hydrogens (primary N) is 1. The van der Waals surface area contributed by atoms with Gasteiger partial charge in [-0.2, -0.15) is 0 Å². The summed E-state index contributed by atoms with van der Waals surface area (Å²) in [5, 5.41) is 0.820. The number of imidazole rings is 1. The lowest BCUT2D eigenvalue weighted by Gasteiger charge is -2.07. The second-order valence-electron chi connectivity index (χ2n) is 3.34. The molecule has 84 valence electrons. The predicted molar refractivity (Wildman–Crippen MR) is 61.6 cm³/mol. The average Bonchev–Trinajstić information content (AvgIpc) is 2.65. The molecule has 0 spiro atoms. The van der Waals surface area contributed by atoms with E-state index in [9.17, 15) is 4.39 Å². The Morgan fingerprint density at radius 3 is 2.94 bits per heavy atom. The van der Waals surface area contributed by atoms with Crippen molar-refractivity contribution >= 4 is 11.8 Å². The summed E-state index contributed by atoms with van der Waals surface area (Å²) in [7, 11) is 1.90. The normalized spacial score (nSPS) is 10.7. The zero-order chi connectivity index (χ0) is 11.5. The van der Waals surface area contributed by atoms with Crippen LogP contribution in [0.1, 0.15) is 5.56 Å². The van der Waals surface area contributed by atoms with Crippen molar-refractivity contribution in [1.82, 2.24) is 9.55 Å². The van der Waals surface area contributed by atoms with Crippen molar-refractivity contribution in [2.45, 2.75) is 16.6 Å². The minimum absolute atomic E-state index is 0.194. The van der Waals surface area contributed by atoms with Gasteiger partial charge >= 0.3 is 0 Å². The van der Waals surface area contributed by atoms with Gasteiger partial charge in [0.05, 0.1) is 0 Å². The molecule has 0 unspecified atom stereocenters. The molecule has 0 saturated carbocycles. The molecule has 1 aromatic carbocycles. The number of aryl methyl sites for hydroxylation is 1. The van der Waals surface area contributed by atoms with E-state index in [2.05, 4.69) is 4.98 Å². The van der Waals surface area contributed by atoms with Gasteiger partial charge in [0.2, 0.25) is 0 Å². The topological polar surface area (TPSA) is 43.8 Å². The fourth-order valence-corrected chi connectivity index (χ4v) is 2.35. The van der Waals surface area contributed by atoms with Crippen molar-refractivity contribution in [2.75, 3.05) is 0 Å². The molecule has 2 N–H and O–H groups in total. The Labute approximate surface area is 97.5 Å². The van der Waals surface area contributed by atoms with E-state index in [0.29, 0.717) is 5.56 Å². The van der Waals surface area contributed by atoms with Gasteiger partial charge in [-0.05, 0) is 12.1 Å². The van der Waals surface area contributed by atoms with E-state index in [4.69, 9.17) is 5.73 Å². The molecule has 3 nitrogen and oxygen atoms in total. The van der Waals surface area contributed by atoms with Crippen molar-refractivity contribution in [3.05, 3.63) is 42.0 Å². The van der Waals surface area contributed by atoms with Gasteiger partial charge in [0.25, 0.3) is 0 Å². The molecule has 0 bridgehead atoms. The molecular weight excluding hydrogens is 225 g/mol. The highest BCUT2D eigenvalue weighted by Gasteiger charge is 2.10. The van der Waals surface area contributed by atoms with Crippen molar-refractivity contribution < 1.29 is 4.39 Å². The summed E-state index contributed by atoms with van der Waals surface area (Å²) >= 11 is 1.42. The molecule has 1 heterocycles. The second-order valence-corrected chi connectivity index (χ2v) is 4.35. The van der Waals surface area contributed by atoms with Crippen molar-refractivity contribution in [1.29, 1.82) is 0 Å². The summed E-state index contributed by atoms with van der Waals surface area (Å²) < 4.78 is 15.3. The van der Waals surface area contributed by atoms with Crippen LogP contribution in [0.15, 0.2) is 40.6 Å². The van der Waals surface area contributed by atoms with E-state index in [1.54, 1.807) is 12.3 Å². The molecule has 0 aliphatic heterocycles. The van der Waals surface area contributed by atoms with Crippen molar-refractivity contribution in [3.8, 4) is 0 Å². The van der Waals surface area contributed by atoms with E-state index in [0.717, 1.165) is 10.1 Å². The predicted octanol–water partition coefficient (Wildman–Crippen LogP) is 2.17. The number of halogens is 1. The average molecular weight is 237 g/mol. The largest absolute Gasteiger partial charge is 0.329 e. The third-order valence-electron chi connectivity index (χ3n) is 2.26. The van der Waals surface area contributed by atoms with Crippen LogP contribution in [-0.4, -0.2) is 9.55 Å². The van der Waals surface area contributed by atoms with Gasteiger partial charge in [-0.1, -0.05) is 17.8 Å². The zero-order valence-corrected chi connectivity index (χ0v) is 9.67. The fraction of sp³-hybridized carbons (Fsp3) is 0.182. The van der Waals surface area contributed by atoms with Crippen LogP contribution in [0.3, 0.4) is 0 Å². The van der Waals surface area contributed by atoms with Gasteiger partial charge < -0.3 is 10.3 Å². The molecule has 0 aliphatic rings. The minimum atomic E-state index is -0.262. The van der Waals surface area contributed by atoms with Crippen LogP contribution in [-0.2, 0) is 13.6 Å². The van der Waals surface area contributed by atoms with Crippen LogP contribution in [0.2, 0.25) is 0 Å². The van der Waals surface area contributed by atoms with Crippen LogP contribution in [0.5, 0.6) is 0 Å². The summed E-state index contributed by atoms with van der Waals surface area (Å²) in [4.78, 5) is 5.00. The molecule has 16 heavy (non-hydrogen) atoms. The molecular formula is C11H12FN3S. The van der Waals surface area contributed by atoms with Gasteiger partial charge in [0.15, 0.2) is 5.16 Å². The number of benzene rings is 1. The molecule has 2 aromatic rings. The number of aromatic nitrogens is 2. The van der Waals surface area contributed by atoms with Gasteiger partial charge in [0.1, 0.15) is 5.82 Å². The molecule has 0 radical (unpaired) electrons. The first-order valence-corrected chi connectivity index (χ1v) is 5.66. The molecule has 0 fully saturated rings. The Morgan fingerprint density at radius 1 is 1.50 bits per heavy atom. The van der Waals surface area contributed by atoms with Gasteiger partial charge in [-0.25, -0.2) is 9.37 Å². The Morgan fingerprint density at radius 2 is 2.31 bits per heavy atom. The Hall–Kier alpha value is -1.33. The number of nitrogens with zero attached hydrogens (tertiary/aromatic N) is 2. The Kier molecular flexibility index (Phi) is 3.26. The summed E-state index contributed by atoms with van der Waals surface area (Å²) in [6.07, 6.45) is 3.56. The van der Waals surface area contributed by atoms with Crippen LogP contribution in [0, 0.1) is 5.82 Å². The smallest absolute Gasteiger partial charge is 0.172 e. The third-order valence-corrected chi connectivity index (χ3v) is 3.44. The minimum Gasteiger partial charge on any atom is -0.329 e. The lowest BCUT2D eigenvalue weighted by atomic mass is 10.2.